The normalized spacial score (nSPS) is 11.3. The Morgan fingerprint density at radius 3 is 2.85 bits per heavy atom. The number of benzene rings is 1. The Labute approximate surface area is 156 Å². The summed E-state index contributed by atoms with van der Waals surface area (Å²) in [5.41, 5.74) is 4.71. The zero-order valence-corrected chi connectivity index (χ0v) is 15.1. The van der Waals surface area contributed by atoms with Crippen LogP contribution in [0.15, 0.2) is 67.4 Å². The maximum absolute atomic E-state index is 12.3. The van der Waals surface area contributed by atoms with E-state index in [-0.39, 0.29) is 5.91 Å². The first-order valence-electron chi connectivity index (χ1n) is 8.57. The fraction of sp³-hybridized carbons (Fsp3) is 0.0952. The van der Waals surface area contributed by atoms with Gasteiger partial charge in [0.2, 0.25) is 5.91 Å². The molecule has 3 heterocycles. The van der Waals surface area contributed by atoms with Gasteiger partial charge in [-0.15, -0.1) is 0 Å². The average Bonchev–Trinajstić information content (AvgIpc) is 3.26. The van der Waals surface area contributed by atoms with Gasteiger partial charge in [0.1, 0.15) is 0 Å². The van der Waals surface area contributed by atoms with E-state index in [9.17, 15) is 4.79 Å². The molecule has 0 aliphatic heterocycles. The van der Waals surface area contributed by atoms with Gasteiger partial charge in [0.15, 0.2) is 0 Å². The van der Waals surface area contributed by atoms with E-state index in [0.29, 0.717) is 0 Å². The molecule has 0 bridgehead atoms. The van der Waals surface area contributed by atoms with Crippen molar-refractivity contribution in [3.63, 3.8) is 0 Å². The summed E-state index contributed by atoms with van der Waals surface area (Å²) >= 11 is 0. The second-order valence-electron chi connectivity index (χ2n) is 6.39. The molecule has 1 amide bonds. The lowest BCUT2D eigenvalue weighted by molar-refractivity contribution is -0.111. The first kappa shape index (κ1) is 16.8. The minimum atomic E-state index is -0.189. The lowest BCUT2D eigenvalue weighted by Gasteiger charge is -2.04. The molecule has 4 rings (SSSR count). The maximum atomic E-state index is 12.3. The van der Waals surface area contributed by atoms with Gasteiger partial charge < -0.3 is 9.88 Å². The molecule has 1 N–H and O–H groups in total. The Morgan fingerprint density at radius 2 is 2.04 bits per heavy atom. The molecule has 6 nitrogen and oxygen atoms in total. The van der Waals surface area contributed by atoms with Gasteiger partial charge in [-0.2, -0.15) is 5.10 Å². The lowest BCUT2D eigenvalue weighted by atomic mass is 10.0. The first-order chi connectivity index (χ1) is 13.1. The van der Waals surface area contributed by atoms with Gasteiger partial charge in [0.05, 0.1) is 6.20 Å². The largest absolute Gasteiger partial charge is 0.351 e. The van der Waals surface area contributed by atoms with Crippen LogP contribution >= 0.6 is 0 Å². The zero-order valence-electron chi connectivity index (χ0n) is 15.1. The van der Waals surface area contributed by atoms with Crippen molar-refractivity contribution in [3.05, 3.63) is 73.0 Å². The minimum absolute atomic E-state index is 0.189. The molecule has 0 unspecified atom stereocenters. The third kappa shape index (κ3) is 3.50. The molecule has 0 radical (unpaired) electrons. The number of nitrogens with zero attached hydrogens (tertiary/aromatic N) is 4. The highest BCUT2D eigenvalue weighted by molar-refractivity contribution is 6.03. The number of fused-ring (bicyclic) bond motifs is 1. The fourth-order valence-electron chi connectivity index (χ4n) is 3.07. The summed E-state index contributed by atoms with van der Waals surface area (Å²) < 4.78 is 3.79. The number of rotatable bonds is 4. The minimum Gasteiger partial charge on any atom is -0.351 e. The number of aryl methyl sites for hydroxylation is 2. The number of aromatic nitrogens is 4. The molecule has 1 aromatic carbocycles. The lowest BCUT2D eigenvalue weighted by Crippen LogP contribution is -2.07. The van der Waals surface area contributed by atoms with Crippen LogP contribution in [0.3, 0.4) is 0 Å². The van der Waals surface area contributed by atoms with Crippen LogP contribution in [0.1, 0.15) is 5.56 Å². The van der Waals surface area contributed by atoms with Gasteiger partial charge in [-0.05, 0) is 42.0 Å². The number of amides is 1. The maximum Gasteiger partial charge on any atom is 0.248 e. The zero-order chi connectivity index (χ0) is 18.8. The molecule has 0 spiro atoms. The van der Waals surface area contributed by atoms with Crippen LogP contribution in [0, 0.1) is 0 Å². The number of carbonyl (C=O) groups is 1. The highest BCUT2D eigenvalue weighted by Gasteiger charge is 2.06. The second kappa shape index (κ2) is 6.92. The molecule has 6 heteroatoms. The third-order valence-electron chi connectivity index (χ3n) is 4.43. The van der Waals surface area contributed by atoms with E-state index in [1.807, 2.05) is 61.4 Å². The van der Waals surface area contributed by atoms with Crippen molar-refractivity contribution < 1.29 is 4.79 Å². The SMILES string of the molecule is Cn1cc(-c2ccncc2C=CC(=O)Nc2ccc3c(ccn3C)c2)cn1. The standard InChI is InChI=1S/C21H19N5O/c1-25-10-8-15-11-18(4-5-20(15)25)24-21(27)6-3-16-12-22-9-7-19(16)17-13-23-26(2)14-17/h3-14H,1-2H3,(H,24,27). The number of nitrogens with one attached hydrogen (secondary N) is 1. The number of pyridine rings is 1. The van der Waals surface area contributed by atoms with Crippen LogP contribution < -0.4 is 5.32 Å². The van der Waals surface area contributed by atoms with Crippen molar-refractivity contribution >= 4 is 28.6 Å². The van der Waals surface area contributed by atoms with Crippen LogP contribution in [0.2, 0.25) is 0 Å². The number of hydrogen-bond donors (Lipinski definition) is 1. The van der Waals surface area contributed by atoms with Crippen molar-refractivity contribution in [3.8, 4) is 11.1 Å². The smallest absolute Gasteiger partial charge is 0.248 e. The number of hydrogen-bond acceptors (Lipinski definition) is 3. The summed E-state index contributed by atoms with van der Waals surface area (Å²) in [6, 6.07) is 9.80. The van der Waals surface area contributed by atoms with E-state index in [1.165, 1.54) is 6.08 Å². The number of carbonyl (C=O) groups excluding carboxylic acids is 1. The van der Waals surface area contributed by atoms with E-state index in [4.69, 9.17) is 0 Å². The van der Waals surface area contributed by atoms with Crippen molar-refractivity contribution in [2.45, 2.75) is 0 Å². The predicted octanol–water partition coefficient (Wildman–Crippen LogP) is 3.63. The summed E-state index contributed by atoms with van der Waals surface area (Å²) in [5, 5.41) is 8.20. The van der Waals surface area contributed by atoms with E-state index in [0.717, 1.165) is 33.3 Å². The van der Waals surface area contributed by atoms with E-state index in [1.54, 1.807) is 29.3 Å². The molecule has 0 saturated heterocycles. The van der Waals surface area contributed by atoms with Crippen LogP contribution in [-0.2, 0) is 18.9 Å². The Bertz CT molecular complexity index is 1150. The number of anilines is 1. The predicted molar refractivity (Wildman–Crippen MR) is 107 cm³/mol. The van der Waals surface area contributed by atoms with Gasteiger partial charge >= 0.3 is 0 Å². The van der Waals surface area contributed by atoms with Crippen molar-refractivity contribution in [1.82, 2.24) is 19.3 Å². The molecule has 4 aromatic rings. The molecule has 27 heavy (non-hydrogen) atoms. The molecule has 0 saturated carbocycles. The van der Waals surface area contributed by atoms with E-state index in [2.05, 4.69) is 15.4 Å². The Morgan fingerprint density at radius 1 is 1.15 bits per heavy atom. The van der Waals surface area contributed by atoms with Gasteiger partial charge in [-0.25, -0.2) is 0 Å². The second-order valence-corrected chi connectivity index (χ2v) is 6.39. The molecule has 134 valence electrons. The van der Waals surface area contributed by atoms with Gasteiger partial charge in [-0.1, -0.05) is 0 Å². The Balaban J connectivity index is 1.53. The summed E-state index contributed by atoms with van der Waals surface area (Å²) in [7, 11) is 3.87. The molecule has 0 fully saturated rings. The first-order valence-corrected chi connectivity index (χ1v) is 8.57. The van der Waals surface area contributed by atoms with Gasteiger partial charge in [0.25, 0.3) is 0 Å². The topological polar surface area (TPSA) is 64.7 Å². The summed E-state index contributed by atoms with van der Waals surface area (Å²) in [6.45, 7) is 0. The molecule has 3 aromatic heterocycles. The van der Waals surface area contributed by atoms with Crippen LogP contribution in [-0.4, -0.2) is 25.2 Å². The molecular formula is C21H19N5O. The van der Waals surface area contributed by atoms with E-state index >= 15 is 0 Å². The average molecular weight is 357 g/mol. The monoisotopic (exact) mass is 357 g/mol. The van der Waals surface area contributed by atoms with Crippen LogP contribution in [0.25, 0.3) is 28.1 Å². The Hall–Kier alpha value is -3.67. The van der Waals surface area contributed by atoms with Crippen LogP contribution in [0.5, 0.6) is 0 Å². The molecule has 0 atom stereocenters. The van der Waals surface area contributed by atoms with Crippen molar-refractivity contribution in [2.75, 3.05) is 5.32 Å². The highest BCUT2D eigenvalue weighted by Crippen LogP contribution is 2.23. The Kier molecular flexibility index (Phi) is 4.30. The third-order valence-corrected chi connectivity index (χ3v) is 4.43. The summed E-state index contributed by atoms with van der Waals surface area (Å²) in [4.78, 5) is 16.5. The van der Waals surface area contributed by atoms with Crippen LogP contribution in [0.4, 0.5) is 5.69 Å². The molecule has 0 aliphatic carbocycles. The fourth-order valence-corrected chi connectivity index (χ4v) is 3.07. The summed E-state index contributed by atoms with van der Waals surface area (Å²) in [5.74, 6) is -0.189. The van der Waals surface area contributed by atoms with Crippen molar-refractivity contribution in [2.24, 2.45) is 14.1 Å². The van der Waals surface area contributed by atoms with Gasteiger partial charge in [-0.3, -0.25) is 14.5 Å². The van der Waals surface area contributed by atoms with Gasteiger partial charge in [0, 0.05) is 72.7 Å². The van der Waals surface area contributed by atoms with E-state index < -0.39 is 0 Å². The quantitative estimate of drug-likeness (QED) is 0.567. The van der Waals surface area contributed by atoms with Crippen molar-refractivity contribution in [1.29, 1.82) is 0 Å². The summed E-state index contributed by atoms with van der Waals surface area (Å²) in [6.07, 6.45) is 12.5. The highest BCUT2D eigenvalue weighted by atomic mass is 16.1. The molecule has 0 aliphatic rings. The molecular weight excluding hydrogens is 338 g/mol.